The van der Waals surface area contributed by atoms with E-state index in [1.807, 2.05) is 19.9 Å². The normalized spacial score (nSPS) is 13.1. The molecular formula is C16H28IN3O3S. The molecule has 0 bridgehead atoms. The molecule has 138 valence electrons. The fourth-order valence-electron chi connectivity index (χ4n) is 2.07. The van der Waals surface area contributed by atoms with Crippen molar-refractivity contribution < 1.29 is 13.5 Å². The molecule has 0 aliphatic heterocycles. The average Bonchev–Trinajstić information content (AvgIpc) is 2.48. The summed E-state index contributed by atoms with van der Waals surface area (Å²) in [7, 11) is -3.20. The van der Waals surface area contributed by atoms with Crippen molar-refractivity contribution in [3.8, 4) is 0 Å². The Kier molecular flexibility index (Phi) is 10.5. The van der Waals surface area contributed by atoms with Crippen molar-refractivity contribution in [2.24, 2.45) is 10.9 Å². The van der Waals surface area contributed by atoms with Gasteiger partial charge in [0.05, 0.1) is 11.4 Å². The van der Waals surface area contributed by atoms with Crippen LogP contribution in [-0.2, 0) is 16.4 Å². The van der Waals surface area contributed by atoms with Gasteiger partial charge in [-0.25, -0.2) is 13.4 Å². The van der Waals surface area contributed by atoms with Crippen LogP contribution in [0.3, 0.4) is 0 Å². The third kappa shape index (κ3) is 7.80. The van der Waals surface area contributed by atoms with Crippen molar-refractivity contribution in [2.75, 3.05) is 26.0 Å². The number of halogens is 1. The van der Waals surface area contributed by atoms with E-state index in [0.717, 1.165) is 17.7 Å². The molecule has 0 saturated carbocycles. The van der Waals surface area contributed by atoms with Crippen LogP contribution in [-0.4, -0.2) is 45.4 Å². The quantitative estimate of drug-likeness (QED) is 0.321. The second kappa shape index (κ2) is 10.9. The summed E-state index contributed by atoms with van der Waals surface area (Å²) < 4.78 is 23.3. The van der Waals surface area contributed by atoms with Gasteiger partial charge in [0, 0.05) is 26.0 Å². The van der Waals surface area contributed by atoms with Gasteiger partial charge in [0.15, 0.2) is 15.8 Å². The van der Waals surface area contributed by atoms with Crippen molar-refractivity contribution in [2.45, 2.75) is 32.2 Å². The predicted octanol–water partition coefficient (Wildman–Crippen LogP) is 1.70. The molecule has 8 heteroatoms. The van der Waals surface area contributed by atoms with Crippen LogP contribution in [0, 0.1) is 12.8 Å². The number of guanidine groups is 1. The van der Waals surface area contributed by atoms with E-state index in [0.29, 0.717) is 23.9 Å². The highest BCUT2D eigenvalue weighted by molar-refractivity contribution is 14.0. The number of aliphatic hydroxyl groups is 1. The summed E-state index contributed by atoms with van der Waals surface area (Å²) >= 11 is 0. The van der Waals surface area contributed by atoms with E-state index in [1.165, 1.54) is 6.26 Å². The minimum atomic E-state index is -3.20. The van der Waals surface area contributed by atoms with Crippen LogP contribution < -0.4 is 10.6 Å². The monoisotopic (exact) mass is 469 g/mol. The molecule has 0 radical (unpaired) electrons. The van der Waals surface area contributed by atoms with E-state index in [-0.39, 0.29) is 36.5 Å². The van der Waals surface area contributed by atoms with Gasteiger partial charge in [-0.2, -0.15) is 0 Å². The van der Waals surface area contributed by atoms with E-state index < -0.39 is 9.84 Å². The summed E-state index contributed by atoms with van der Waals surface area (Å²) in [5, 5.41) is 15.4. The maximum Gasteiger partial charge on any atom is 0.191 e. The third-order valence-electron chi connectivity index (χ3n) is 3.33. The van der Waals surface area contributed by atoms with Gasteiger partial charge < -0.3 is 15.7 Å². The second-order valence-electron chi connectivity index (χ2n) is 5.74. The lowest BCUT2D eigenvalue weighted by molar-refractivity contribution is 0.238. The molecule has 6 nitrogen and oxygen atoms in total. The first-order valence-electron chi connectivity index (χ1n) is 7.70. The number of sulfone groups is 1. The molecule has 1 atom stereocenters. The summed E-state index contributed by atoms with van der Waals surface area (Å²) in [5.74, 6) is 0.827. The summed E-state index contributed by atoms with van der Waals surface area (Å²) in [5.41, 5.74) is 1.68. The van der Waals surface area contributed by atoms with Gasteiger partial charge in [-0.05, 0) is 37.0 Å². The lowest BCUT2D eigenvalue weighted by Crippen LogP contribution is -2.39. The Bertz CT molecular complexity index is 648. The Morgan fingerprint density at radius 1 is 1.33 bits per heavy atom. The molecule has 3 N–H and O–H groups in total. The van der Waals surface area contributed by atoms with Crippen molar-refractivity contribution in [3.05, 3.63) is 29.3 Å². The zero-order chi connectivity index (χ0) is 17.5. The minimum absolute atomic E-state index is 0. The number of nitrogens with zero attached hydrogens (tertiary/aromatic N) is 1. The molecule has 0 aliphatic rings. The number of hydrogen-bond acceptors (Lipinski definition) is 4. The number of benzene rings is 1. The van der Waals surface area contributed by atoms with Crippen molar-refractivity contribution >= 4 is 39.8 Å². The van der Waals surface area contributed by atoms with Gasteiger partial charge in [0.25, 0.3) is 0 Å². The molecule has 0 fully saturated rings. The summed E-state index contributed by atoms with van der Waals surface area (Å²) in [4.78, 5) is 4.84. The molecule has 0 saturated heterocycles. The maximum atomic E-state index is 11.6. The predicted molar refractivity (Wildman–Crippen MR) is 109 cm³/mol. The lowest BCUT2D eigenvalue weighted by Gasteiger charge is -2.14. The first-order valence-corrected chi connectivity index (χ1v) is 9.59. The van der Waals surface area contributed by atoms with E-state index in [9.17, 15) is 8.42 Å². The molecule has 1 aromatic rings. The molecule has 1 aromatic carbocycles. The van der Waals surface area contributed by atoms with Crippen molar-refractivity contribution in [1.29, 1.82) is 0 Å². The van der Waals surface area contributed by atoms with Crippen LogP contribution in [0.25, 0.3) is 0 Å². The smallest absolute Gasteiger partial charge is 0.191 e. The molecule has 0 aliphatic carbocycles. The van der Waals surface area contributed by atoms with E-state index in [1.54, 1.807) is 19.1 Å². The second-order valence-corrected chi connectivity index (χ2v) is 7.72. The summed E-state index contributed by atoms with van der Waals surface area (Å²) in [6.07, 6.45) is 1.21. The van der Waals surface area contributed by atoms with Gasteiger partial charge in [0.2, 0.25) is 0 Å². The standard InChI is InChI=1S/C16H27N3O3S.HI/c1-5-17-16(18-9-12(2)11-20)19-10-14-6-7-15(13(3)8-14)23(4,21)22;/h6-8,12,20H,5,9-11H2,1-4H3,(H2,17,18,19);1H. The number of hydrogen-bond donors (Lipinski definition) is 3. The first kappa shape index (κ1) is 23.1. The van der Waals surface area contributed by atoms with Gasteiger partial charge in [-0.3, -0.25) is 0 Å². The van der Waals surface area contributed by atoms with Crippen LogP contribution >= 0.6 is 24.0 Å². The Morgan fingerprint density at radius 3 is 2.50 bits per heavy atom. The minimum Gasteiger partial charge on any atom is -0.396 e. The van der Waals surface area contributed by atoms with E-state index >= 15 is 0 Å². The van der Waals surface area contributed by atoms with Crippen LogP contribution in [0.4, 0.5) is 0 Å². The summed E-state index contributed by atoms with van der Waals surface area (Å²) in [6.45, 7) is 7.67. The van der Waals surface area contributed by atoms with E-state index in [4.69, 9.17) is 5.11 Å². The summed E-state index contributed by atoms with van der Waals surface area (Å²) in [6, 6.07) is 5.26. The molecular weight excluding hydrogens is 441 g/mol. The van der Waals surface area contributed by atoms with Gasteiger partial charge >= 0.3 is 0 Å². The number of aliphatic hydroxyl groups excluding tert-OH is 1. The van der Waals surface area contributed by atoms with Crippen molar-refractivity contribution in [1.82, 2.24) is 10.6 Å². The zero-order valence-electron chi connectivity index (χ0n) is 14.7. The Hall–Kier alpha value is -0.870. The molecule has 0 amide bonds. The topological polar surface area (TPSA) is 90.8 Å². The molecule has 0 aromatic heterocycles. The maximum absolute atomic E-state index is 11.6. The van der Waals surface area contributed by atoms with Gasteiger partial charge in [-0.15, -0.1) is 24.0 Å². The fraction of sp³-hybridized carbons (Fsp3) is 0.562. The Labute approximate surface area is 162 Å². The lowest BCUT2D eigenvalue weighted by atomic mass is 10.1. The number of aliphatic imine (C=N–C) groups is 1. The Morgan fingerprint density at radius 2 is 2.00 bits per heavy atom. The molecule has 24 heavy (non-hydrogen) atoms. The largest absolute Gasteiger partial charge is 0.396 e. The molecule has 0 spiro atoms. The Balaban J connectivity index is 0.00000529. The first-order chi connectivity index (χ1) is 10.8. The van der Waals surface area contributed by atoms with Crippen LogP contribution in [0.5, 0.6) is 0 Å². The van der Waals surface area contributed by atoms with Crippen LogP contribution in [0.2, 0.25) is 0 Å². The molecule has 1 unspecified atom stereocenters. The molecule has 1 rings (SSSR count). The number of nitrogens with one attached hydrogen (secondary N) is 2. The van der Waals surface area contributed by atoms with Gasteiger partial charge in [0.1, 0.15) is 0 Å². The van der Waals surface area contributed by atoms with Crippen LogP contribution in [0.15, 0.2) is 28.1 Å². The zero-order valence-corrected chi connectivity index (χ0v) is 17.8. The van der Waals surface area contributed by atoms with E-state index in [2.05, 4.69) is 15.6 Å². The van der Waals surface area contributed by atoms with Crippen LogP contribution in [0.1, 0.15) is 25.0 Å². The highest BCUT2D eigenvalue weighted by Gasteiger charge is 2.10. The number of aryl methyl sites for hydroxylation is 1. The highest BCUT2D eigenvalue weighted by Crippen LogP contribution is 2.17. The highest BCUT2D eigenvalue weighted by atomic mass is 127. The number of rotatable bonds is 7. The third-order valence-corrected chi connectivity index (χ3v) is 4.59. The average molecular weight is 469 g/mol. The van der Waals surface area contributed by atoms with Crippen molar-refractivity contribution in [3.63, 3.8) is 0 Å². The SMILES string of the molecule is CCNC(=NCc1ccc(S(C)(=O)=O)c(C)c1)NCC(C)CO.I. The fourth-order valence-corrected chi connectivity index (χ4v) is 3.03. The molecule has 0 heterocycles. The van der Waals surface area contributed by atoms with Gasteiger partial charge in [-0.1, -0.05) is 19.1 Å².